The van der Waals surface area contributed by atoms with Gasteiger partial charge in [-0.1, -0.05) is 6.92 Å². The van der Waals surface area contributed by atoms with Gasteiger partial charge in [0.25, 0.3) is 5.91 Å². The molecule has 5 heteroatoms. The molecule has 1 aromatic carbocycles. The van der Waals surface area contributed by atoms with Gasteiger partial charge in [0.1, 0.15) is 5.69 Å². The molecule has 1 saturated heterocycles. The Morgan fingerprint density at radius 3 is 2.64 bits per heavy atom. The third kappa shape index (κ3) is 4.64. The van der Waals surface area contributed by atoms with Crippen LogP contribution in [-0.4, -0.2) is 42.0 Å². The van der Waals surface area contributed by atoms with E-state index in [1.807, 2.05) is 17.0 Å². The average Bonchev–Trinajstić information content (AvgIpc) is 2.71. The molecule has 150 valence electrons. The van der Waals surface area contributed by atoms with Gasteiger partial charge in [-0.15, -0.1) is 0 Å². The number of likely N-dealkylation sites (tertiary alicyclic amines) is 1. The van der Waals surface area contributed by atoms with Gasteiger partial charge in [0, 0.05) is 37.6 Å². The van der Waals surface area contributed by atoms with E-state index >= 15 is 0 Å². The molecular formula is C23H32N4O. The molecule has 0 radical (unpaired) electrons. The second-order valence-electron chi connectivity index (χ2n) is 7.73. The van der Waals surface area contributed by atoms with Crippen LogP contribution in [0.25, 0.3) is 0 Å². The molecule has 28 heavy (non-hydrogen) atoms. The molecule has 0 bridgehead atoms. The summed E-state index contributed by atoms with van der Waals surface area (Å²) in [5.74, 6) is 0.610. The predicted molar refractivity (Wildman–Crippen MR) is 117 cm³/mol. The van der Waals surface area contributed by atoms with Crippen LogP contribution in [0.5, 0.6) is 0 Å². The number of carbonyl (C=O) groups excluding carboxylic acids is 1. The van der Waals surface area contributed by atoms with Gasteiger partial charge < -0.3 is 15.1 Å². The Hall–Kier alpha value is -2.56. The van der Waals surface area contributed by atoms with Crippen molar-refractivity contribution in [3.05, 3.63) is 47.8 Å². The first-order chi connectivity index (χ1) is 13.5. The summed E-state index contributed by atoms with van der Waals surface area (Å²) in [6.07, 6.45) is 4.03. The zero-order valence-electron chi connectivity index (χ0n) is 17.5. The van der Waals surface area contributed by atoms with Gasteiger partial charge in [0.15, 0.2) is 0 Å². The number of carbonyl (C=O) groups is 1. The number of hydrogen-bond acceptors (Lipinski definition) is 4. The summed E-state index contributed by atoms with van der Waals surface area (Å²) in [5, 5.41) is 3.42. The van der Waals surface area contributed by atoms with Crippen molar-refractivity contribution in [1.82, 2.24) is 9.88 Å². The summed E-state index contributed by atoms with van der Waals surface area (Å²) in [7, 11) is 0. The Labute approximate surface area is 168 Å². The molecule has 1 amide bonds. The van der Waals surface area contributed by atoms with Crippen molar-refractivity contribution < 1.29 is 4.79 Å². The Balaban J connectivity index is 1.68. The van der Waals surface area contributed by atoms with E-state index in [2.05, 4.69) is 61.1 Å². The van der Waals surface area contributed by atoms with Crippen LogP contribution in [0.2, 0.25) is 0 Å². The number of aryl methyl sites for hydroxylation is 1. The maximum Gasteiger partial charge on any atom is 0.272 e. The number of rotatable bonds is 6. The summed E-state index contributed by atoms with van der Waals surface area (Å²) < 4.78 is 0. The van der Waals surface area contributed by atoms with Crippen LogP contribution in [0.15, 0.2) is 36.5 Å². The van der Waals surface area contributed by atoms with Crippen LogP contribution < -0.4 is 10.2 Å². The smallest absolute Gasteiger partial charge is 0.272 e. The number of amides is 1. The van der Waals surface area contributed by atoms with E-state index in [4.69, 9.17) is 0 Å². The minimum Gasteiger partial charge on any atom is -0.372 e. The largest absolute Gasteiger partial charge is 0.372 e. The molecule has 1 fully saturated rings. The Morgan fingerprint density at radius 2 is 2.04 bits per heavy atom. The fraction of sp³-hybridized carbons (Fsp3) is 0.478. The van der Waals surface area contributed by atoms with E-state index in [1.54, 1.807) is 6.20 Å². The summed E-state index contributed by atoms with van der Waals surface area (Å²) in [6.45, 7) is 12.3. The van der Waals surface area contributed by atoms with Crippen molar-refractivity contribution in [1.29, 1.82) is 0 Å². The molecule has 1 N–H and O–H groups in total. The quantitative estimate of drug-likeness (QED) is 0.778. The third-order valence-electron chi connectivity index (χ3n) is 5.54. The van der Waals surface area contributed by atoms with Crippen LogP contribution >= 0.6 is 0 Å². The highest BCUT2D eigenvalue weighted by Crippen LogP contribution is 2.25. The lowest BCUT2D eigenvalue weighted by atomic mass is 10.00. The highest BCUT2D eigenvalue weighted by Gasteiger charge is 2.22. The minimum atomic E-state index is 0.0397. The Kier molecular flexibility index (Phi) is 6.55. The van der Waals surface area contributed by atoms with Gasteiger partial charge in [0.2, 0.25) is 0 Å². The van der Waals surface area contributed by atoms with Crippen LogP contribution in [0.1, 0.15) is 49.7 Å². The lowest BCUT2D eigenvalue weighted by molar-refractivity contribution is 0.0677. The Morgan fingerprint density at radius 1 is 1.25 bits per heavy atom. The molecule has 0 saturated carbocycles. The molecule has 0 aliphatic carbocycles. The van der Waals surface area contributed by atoms with Gasteiger partial charge in [0.05, 0.1) is 11.9 Å². The van der Waals surface area contributed by atoms with Crippen molar-refractivity contribution in [3.8, 4) is 0 Å². The number of aromatic nitrogens is 1. The van der Waals surface area contributed by atoms with Gasteiger partial charge in [-0.25, -0.2) is 4.98 Å². The molecule has 2 aromatic rings. The number of hydrogen-bond donors (Lipinski definition) is 1. The van der Waals surface area contributed by atoms with E-state index < -0.39 is 0 Å². The number of nitrogens with zero attached hydrogens (tertiary/aromatic N) is 3. The first kappa shape index (κ1) is 20.2. The first-order valence-electron chi connectivity index (χ1n) is 10.4. The van der Waals surface area contributed by atoms with Gasteiger partial charge in [-0.3, -0.25) is 4.79 Å². The third-order valence-corrected chi connectivity index (χ3v) is 5.54. The number of benzene rings is 1. The lowest BCUT2D eigenvalue weighted by Gasteiger charge is -2.30. The van der Waals surface area contributed by atoms with Crippen molar-refractivity contribution in [2.75, 3.05) is 36.4 Å². The highest BCUT2D eigenvalue weighted by atomic mass is 16.2. The van der Waals surface area contributed by atoms with E-state index in [-0.39, 0.29) is 5.91 Å². The molecule has 1 aromatic heterocycles. The van der Waals surface area contributed by atoms with E-state index in [0.29, 0.717) is 11.6 Å². The molecule has 0 spiro atoms. The van der Waals surface area contributed by atoms with Crippen LogP contribution in [0.3, 0.4) is 0 Å². The first-order valence-corrected chi connectivity index (χ1v) is 10.4. The number of nitrogens with one attached hydrogen (secondary N) is 1. The lowest BCUT2D eigenvalue weighted by Crippen LogP contribution is -2.39. The molecule has 1 aliphatic heterocycles. The molecule has 2 heterocycles. The second-order valence-corrected chi connectivity index (χ2v) is 7.73. The van der Waals surface area contributed by atoms with Crippen LogP contribution in [-0.2, 0) is 0 Å². The highest BCUT2D eigenvalue weighted by molar-refractivity contribution is 5.92. The van der Waals surface area contributed by atoms with Crippen molar-refractivity contribution in [2.45, 2.75) is 40.5 Å². The van der Waals surface area contributed by atoms with Gasteiger partial charge in [-0.05, 0) is 75.4 Å². The molecular weight excluding hydrogens is 348 g/mol. The van der Waals surface area contributed by atoms with Crippen molar-refractivity contribution in [2.24, 2.45) is 5.92 Å². The molecule has 3 rings (SSSR count). The molecule has 5 nitrogen and oxygen atoms in total. The second kappa shape index (κ2) is 9.09. The number of pyridine rings is 1. The Bertz CT molecular complexity index is 799. The van der Waals surface area contributed by atoms with Crippen molar-refractivity contribution in [3.63, 3.8) is 0 Å². The zero-order chi connectivity index (χ0) is 20.1. The van der Waals surface area contributed by atoms with E-state index in [0.717, 1.165) is 44.0 Å². The molecule has 1 atom stereocenters. The summed E-state index contributed by atoms with van der Waals surface area (Å²) >= 11 is 0. The summed E-state index contributed by atoms with van der Waals surface area (Å²) in [4.78, 5) is 21.3. The normalized spacial score (nSPS) is 16.7. The standard InChI is InChI=1S/C23H32N4O/c1-5-26(6-2)20-10-12-21(18(4)14-20)25-19-9-11-22(24-15-19)23(28)27-13-7-8-17(3)16-27/h9-12,14-15,17,25H,5-8,13,16H2,1-4H3. The number of anilines is 3. The average molecular weight is 381 g/mol. The summed E-state index contributed by atoms with van der Waals surface area (Å²) in [6, 6.07) is 10.2. The van der Waals surface area contributed by atoms with Gasteiger partial charge >= 0.3 is 0 Å². The zero-order valence-corrected chi connectivity index (χ0v) is 17.5. The fourth-order valence-corrected chi connectivity index (χ4v) is 3.86. The fourth-order valence-electron chi connectivity index (χ4n) is 3.86. The number of piperidine rings is 1. The minimum absolute atomic E-state index is 0.0397. The molecule has 1 unspecified atom stereocenters. The monoisotopic (exact) mass is 380 g/mol. The predicted octanol–water partition coefficient (Wildman–Crippen LogP) is 4.85. The van der Waals surface area contributed by atoms with Crippen molar-refractivity contribution >= 4 is 23.0 Å². The van der Waals surface area contributed by atoms with Gasteiger partial charge in [-0.2, -0.15) is 0 Å². The topological polar surface area (TPSA) is 48.5 Å². The van der Waals surface area contributed by atoms with Crippen LogP contribution in [0, 0.1) is 12.8 Å². The molecule has 1 aliphatic rings. The van der Waals surface area contributed by atoms with E-state index in [9.17, 15) is 4.79 Å². The van der Waals surface area contributed by atoms with Crippen LogP contribution in [0.4, 0.5) is 17.1 Å². The SMILES string of the molecule is CCN(CC)c1ccc(Nc2ccc(C(=O)N3CCCC(C)C3)nc2)c(C)c1. The van der Waals surface area contributed by atoms with E-state index in [1.165, 1.54) is 17.7 Å². The summed E-state index contributed by atoms with van der Waals surface area (Å²) in [5.41, 5.74) is 4.90. The maximum atomic E-state index is 12.7. The maximum absolute atomic E-state index is 12.7.